The molecular formula is C20H28F3N5O. The van der Waals surface area contributed by atoms with Crippen molar-refractivity contribution < 1.29 is 18.0 Å². The summed E-state index contributed by atoms with van der Waals surface area (Å²) >= 11 is 0. The maximum Gasteiger partial charge on any atom is 0.401 e. The molecule has 160 valence electrons. The maximum absolute atomic E-state index is 12.5. The highest BCUT2D eigenvalue weighted by atomic mass is 19.4. The maximum atomic E-state index is 12.5. The van der Waals surface area contributed by atoms with Crippen molar-refractivity contribution in [2.45, 2.75) is 44.6 Å². The minimum Gasteiger partial charge on any atom is -0.352 e. The number of nitrogens with one attached hydrogen (secondary N) is 2. The van der Waals surface area contributed by atoms with E-state index in [4.69, 9.17) is 0 Å². The lowest BCUT2D eigenvalue weighted by molar-refractivity contribution is -0.143. The van der Waals surface area contributed by atoms with E-state index in [-0.39, 0.29) is 11.9 Å². The van der Waals surface area contributed by atoms with Gasteiger partial charge in [0.25, 0.3) is 0 Å². The molecule has 1 atom stereocenters. The molecule has 1 unspecified atom stereocenters. The molecule has 9 heteroatoms. The predicted molar refractivity (Wildman–Crippen MR) is 105 cm³/mol. The van der Waals surface area contributed by atoms with Gasteiger partial charge in [-0.3, -0.25) is 14.7 Å². The second kappa shape index (κ2) is 9.47. The largest absolute Gasteiger partial charge is 0.401 e. The van der Waals surface area contributed by atoms with E-state index < -0.39 is 12.7 Å². The molecule has 3 rings (SSSR count). The van der Waals surface area contributed by atoms with E-state index in [9.17, 15) is 18.0 Å². The van der Waals surface area contributed by atoms with Gasteiger partial charge in [0, 0.05) is 52.2 Å². The van der Waals surface area contributed by atoms with Gasteiger partial charge < -0.3 is 15.5 Å². The lowest BCUT2D eigenvalue weighted by atomic mass is 10.1. The van der Waals surface area contributed by atoms with Gasteiger partial charge in [-0.05, 0) is 24.0 Å². The van der Waals surface area contributed by atoms with Crippen LogP contribution < -0.4 is 10.6 Å². The molecule has 29 heavy (non-hydrogen) atoms. The van der Waals surface area contributed by atoms with Crippen molar-refractivity contribution in [1.29, 1.82) is 0 Å². The minimum atomic E-state index is -4.17. The highest BCUT2D eigenvalue weighted by Gasteiger charge is 2.34. The summed E-state index contributed by atoms with van der Waals surface area (Å²) in [6, 6.07) is 7.98. The first-order chi connectivity index (χ1) is 13.8. The molecule has 2 N–H and O–H groups in total. The summed E-state index contributed by atoms with van der Waals surface area (Å²) in [5.41, 5.74) is 2.14. The normalized spacial score (nSPS) is 21.1. The first-order valence-corrected chi connectivity index (χ1v) is 9.94. The molecule has 0 aliphatic carbocycles. The molecule has 0 aromatic heterocycles. The van der Waals surface area contributed by atoms with Crippen molar-refractivity contribution in [2.75, 3.05) is 33.2 Å². The smallest absolute Gasteiger partial charge is 0.352 e. The lowest BCUT2D eigenvalue weighted by Crippen LogP contribution is -2.44. The first kappa shape index (κ1) is 21.4. The number of nitrogens with zero attached hydrogens (tertiary/aromatic N) is 3. The van der Waals surface area contributed by atoms with Gasteiger partial charge >= 0.3 is 6.18 Å². The number of rotatable bonds is 6. The number of carbonyl (C=O) groups is 1. The summed E-state index contributed by atoms with van der Waals surface area (Å²) in [4.78, 5) is 19.3. The summed E-state index contributed by atoms with van der Waals surface area (Å²) in [5, 5.41) is 6.43. The van der Waals surface area contributed by atoms with Crippen molar-refractivity contribution in [3.05, 3.63) is 35.4 Å². The summed E-state index contributed by atoms with van der Waals surface area (Å²) in [6.45, 7) is 1.87. The van der Waals surface area contributed by atoms with Crippen LogP contribution in [0.5, 0.6) is 0 Å². The Bertz CT molecular complexity index is 737. The molecule has 6 nitrogen and oxygen atoms in total. The molecule has 0 radical (unpaired) electrons. The SMILES string of the molecule is CN=C(NCc1cccc(CN2CCCC2=O)c1)NC1CCN(CC(F)(F)F)C1. The Morgan fingerprint density at radius 3 is 2.76 bits per heavy atom. The zero-order valence-corrected chi connectivity index (χ0v) is 16.6. The Hall–Kier alpha value is -2.29. The molecule has 0 spiro atoms. The van der Waals surface area contributed by atoms with E-state index in [1.54, 1.807) is 7.05 Å². The van der Waals surface area contributed by atoms with Gasteiger partial charge in [-0.15, -0.1) is 0 Å². The molecule has 2 saturated heterocycles. The monoisotopic (exact) mass is 411 g/mol. The van der Waals surface area contributed by atoms with Gasteiger partial charge in [0.2, 0.25) is 5.91 Å². The van der Waals surface area contributed by atoms with Crippen LogP contribution in [0.4, 0.5) is 13.2 Å². The Balaban J connectivity index is 1.47. The Morgan fingerprint density at radius 2 is 2.07 bits per heavy atom. The van der Waals surface area contributed by atoms with Gasteiger partial charge in [-0.2, -0.15) is 13.2 Å². The zero-order valence-electron chi connectivity index (χ0n) is 16.6. The highest BCUT2D eigenvalue weighted by Crippen LogP contribution is 2.20. The molecule has 2 heterocycles. The number of benzene rings is 1. The quantitative estimate of drug-likeness (QED) is 0.556. The second-order valence-electron chi connectivity index (χ2n) is 7.64. The van der Waals surface area contributed by atoms with E-state index in [0.29, 0.717) is 45.0 Å². The third-order valence-corrected chi connectivity index (χ3v) is 5.24. The van der Waals surface area contributed by atoms with Gasteiger partial charge in [0.05, 0.1) is 6.54 Å². The molecule has 1 aromatic carbocycles. The van der Waals surface area contributed by atoms with Crippen molar-refractivity contribution in [1.82, 2.24) is 20.4 Å². The molecule has 1 aromatic rings. The lowest BCUT2D eigenvalue weighted by Gasteiger charge is -2.20. The van der Waals surface area contributed by atoms with Crippen LogP contribution in [-0.2, 0) is 17.9 Å². The van der Waals surface area contributed by atoms with Crippen LogP contribution in [0.15, 0.2) is 29.3 Å². The number of guanidine groups is 1. The summed E-state index contributed by atoms with van der Waals surface area (Å²) < 4.78 is 37.6. The van der Waals surface area contributed by atoms with Crippen LogP contribution in [0.25, 0.3) is 0 Å². The average molecular weight is 411 g/mol. The number of alkyl halides is 3. The van der Waals surface area contributed by atoms with E-state index >= 15 is 0 Å². The van der Waals surface area contributed by atoms with Crippen molar-refractivity contribution >= 4 is 11.9 Å². The topological polar surface area (TPSA) is 60.0 Å². The molecule has 0 bridgehead atoms. The van der Waals surface area contributed by atoms with Crippen molar-refractivity contribution in [3.63, 3.8) is 0 Å². The van der Waals surface area contributed by atoms with Crippen LogP contribution in [0, 0.1) is 0 Å². The molecule has 2 aliphatic heterocycles. The summed E-state index contributed by atoms with van der Waals surface area (Å²) in [6.07, 6.45) is -1.97. The van der Waals surface area contributed by atoms with Crippen molar-refractivity contribution in [2.24, 2.45) is 4.99 Å². The number of halogens is 3. The third kappa shape index (κ3) is 6.62. The van der Waals surface area contributed by atoms with Gasteiger partial charge in [0.1, 0.15) is 0 Å². The average Bonchev–Trinajstić information content (AvgIpc) is 3.26. The van der Waals surface area contributed by atoms with Crippen LogP contribution in [0.2, 0.25) is 0 Å². The predicted octanol–water partition coefficient (Wildman–Crippen LogP) is 2.11. The fourth-order valence-corrected chi connectivity index (χ4v) is 3.85. The minimum absolute atomic E-state index is 0.0592. The van der Waals surface area contributed by atoms with Crippen LogP contribution in [0.3, 0.4) is 0 Å². The molecule has 1 amide bonds. The Labute approximate surface area is 169 Å². The van der Waals surface area contributed by atoms with Crippen molar-refractivity contribution in [3.8, 4) is 0 Å². The zero-order chi connectivity index (χ0) is 20.9. The van der Waals surface area contributed by atoms with Crippen LogP contribution >= 0.6 is 0 Å². The fourth-order valence-electron chi connectivity index (χ4n) is 3.85. The number of aliphatic imine (C=N–C) groups is 1. The first-order valence-electron chi connectivity index (χ1n) is 9.94. The number of amides is 1. The van der Waals surface area contributed by atoms with E-state index in [1.807, 2.05) is 23.1 Å². The van der Waals surface area contributed by atoms with Gasteiger partial charge in [-0.1, -0.05) is 24.3 Å². The van der Waals surface area contributed by atoms with Gasteiger partial charge in [0.15, 0.2) is 5.96 Å². The number of likely N-dealkylation sites (tertiary alicyclic amines) is 2. The van der Waals surface area contributed by atoms with Crippen LogP contribution in [0.1, 0.15) is 30.4 Å². The number of carbonyl (C=O) groups excluding carboxylic acids is 1. The van der Waals surface area contributed by atoms with E-state index in [2.05, 4.69) is 21.7 Å². The van der Waals surface area contributed by atoms with Crippen LogP contribution in [-0.4, -0.2) is 67.1 Å². The number of hydrogen-bond donors (Lipinski definition) is 2. The Morgan fingerprint density at radius 1 is 1.28 bits per heavy atom. The molecule has 2 fully saturated rings. The third-order valence-electron chi connectivity index (χ3n) is 5.24. The fraction of sp³-hybridized carbons (Fsp3) is 0.600. The standard InChI is InChI=1S/C20H28F3N5O/c1-24-19(26-17-7-9-27(13-17)14-20(21,22)23)25-11-15-4-2-5-16(10-15)12-28-8-3-6-18(28)29/h2,4-5,10,17H,3,6-9,11-14H2,1H3,(H2,24,25,26). The Kier molecular flexibility index (Phi) is 7.00. The molecule has 0 saturated carbocycles. The van der Waals surface area contributed by atoms with Gasteiger partial charge in [-0.25, -0.2) is 0 Å². The second-order valence-corrected chi connectivity index (χ2v) is 7.64. The molecule has 2 aliphatic rings. The van der Waals surface area contributed by atoms with E-state index in [1.165, 1.54) is 4.90 Å². The van der Waals surface area contributed by atoms with E-state index in [0.717, 1.165) is 24.1 Å². The summed E-state index contributed by atoms with van der Waals surface area (Å²) in [5.74, 6) is 0.776. The molecular weight excluding hydrogens is 383 g/mol. The highest BCUT2D eigenvalue weighted by molar-refractivity contribution is 5.80. The summed E-state index contributed by atoms with van der Waals surface area (Å²) in [7, 11) is 1.65. The number of hydrogen-bond acceptors (Lipinski definition) is 3.